The molecule has 1 N–H and O–H groups in total. The van der Waals surface area contributed by atoms with Crippen LogP contribution in [0.25, 0.3) is 0 Å². The van der Waals surface area contributed by atoms with Crippen molar-refractivity contribution in [2.24, 2.45) is 5.92 Å². The van der Waals surface area contributed by atoms with Crippen LogP contribution in [0.2, 0.25) is 0 Å². The molecule has 2 atom stereocenters. The summed E-state index contributed by atoms with van der Waals surface area (Å²) in [6.07, 6.45) is 2.59. The predicted molar refractivity (Wildman–Crippen MR) is 74.3 cm³/mol. The van der Waals surface area contributed by atoms with Crippen molar-refractivity contribution in [1.29, 1.82) is 0 Å². The number of hydrogen-bond donors (Lipinski definition) is 1. The third kappa shape index (κ3) is 3.01. The number of nitro groups is 1. The van der Waals surface area contributed by atoms with Gasteiger partial charge < -0.3 is 10.2 Å². The summed E-state index contributed by atoms with van der Waals surface area (Å²) in [4.78, 5) is 17.2. The van der Waals surface area contributed by atoms with Crippen LogP contribution in [-0.4, -0.2) is 41.0 Å². The Labute approximate surface area is 113 Å². The van der Waals surface area contributed by atoms with Gasteiger partial charge in [-0.2, -0.15) is 0 Å². The minimum Gasteiger partial charge on any atom is -0.361 e. The summed E-state index contributed by atoms with van der Waals surface area (Å²) in [5.74, 6) is 0.840. The lowest BCUT2D eigenvalue weighted by Crippen LogP contribution is -2.43. The van der Waals surface area contributed by atoms with Crippen molar-refractivity contribution in [3.8, 4) is 0 Å². The largest absolute Gasteiger partial charge is 0.361 e. The summed E-state index contributed by atoms with van der Waals surface area (Å²) in [6, 6.07) is 1.91. The number of nitrogens with zero attached hydrogens (tertiary/aromatic N) is 3. The summed E-state index contributed by atoms with van der Waals surface area (Å²) in [5.41, 5.74) is 0.733. The van der Waals surface area contributed by atoms with Gasteiger partial charge in [0.25, 0.3) is 0 Å². The van der Waals surface area contributed by atoms with E-state index in [0.29, 0.717) is 17.3 Å². The maximum atomic E-state index is 11.1. The van der Waals surface area contributed by atoms with Crippen LogP contribution in [0.3, 0.4) is 0 Å². The number of aryl methyl sites for hydroxylation is 1. The van der Waals surface area contributed by atoms with Crippen molar-refractivity contribution >= 4 is 11.5 Å². The zero-order valence-electron chi connectivity index (χ0n) is 11.6. The van der Waals surface area contributed by atoms with Crippen LogP contribution >= 0.6 is 0 Å². The standard InChI is InChI=1S/C13H20N4O2/c1-9-4-6-14-13(12(9)17(18)19)15-11-5-7-16(3)8-10(11)2/h4,6,10-11H,5,7-8H2,1-3H3,(H,14,15). The molecule has 6 heteroatoms. The summed E-state index contributed by atoms with van der Waals surface area (Å²) < 4.78 is 0. The van der Waals surface area contributed by atoms with E-state index in [1.807, 2.05) is 0 Å². The number of anilines is 1. The molecule has 1 aliphatic heterocycles. The fraction of sp³-hybridized carbons (Fsp3) is 0.615. The quantitative estimate of drug-likeness (QED) is 0.668. The molecule has 0 bridgehead atoms. The Balaban J connectivity index is 2.19. The van der Waals surface area contributed by atoms with Gasteiger partial charge in [0.2, 0.25) is 5.82 Å². The molecule has 1 aromatic rings. The normalized spacial score (nSPS) is 24.2. The molecule has 19 heavy (non-hydrogen) atoms. The Hall–Kier alpha value is -1.69. The average molecular weight is 264 g/mol. The van der Waals surface area contributed by atoms with E-state index < -0.39 is 0 Å². The van der Waals surface area contributed by atoms with Crippen molar-refractivity contribution in [1.82, 2.24) is 9.88 Å². The number of rotatable bonds is 3. The molecule has 1 aliphatic rings. The van der Waals surface area contributed by atoms with Gasteiger partial charge in [0.1, 0.15) is 0 Å². The highest BCUT2D eigenvalue weighted by molar-refractivity contribution is 5.60. The Kier molecular flexibility index (Phi) is 3.99. The number of hydrogen-bond acceptors (Lipinski definition) is 5. The second-order valence-electron chi connectivity index (χ2n) is 5.36. The molecule has 1 fully saturated rings. The topological polar surface area (TPSA) is 71.3 Å². The first-order chi connectivity index (χ1) is 8.99. The molecule has 1 aromatic heterocycles. The molecule has 0 aliphatic carbocycles. The molecule has 0 radical (unpaired) electrons. The van der Waals surface area contributed by atoms with Crippen molar-refractivity contribution in [2.75, 3.05) is 25.5 Å². The van der Waals surface area contributed by atoms with Crippen LogP contribution < -0.4 is 5.32 Å². The molecule has 0 amide bonds. The van der Waals surface area contributed by atoms with Crippen LogP contribution in [-0.2, 0) is 0 Å². The summed E-state index contributed by atoms with van der Waals surface area (Å²) >= 11 is 0. The van der Waals surface area contributed by atoms with Gasteiger partial charge in [-0.3, -0.25) is 10.1 Å². The average Bonchev–Trinajstić information content (AvgIpc) is 2.32. The van der Waals surface area contributed by atoms with Crippen LogP contribution in [0.15, 0.2) is 12.3 Å². The van der Waals surface area contributed by atoms with Crippen LogP contribution in [0.4, 0.5) is 11.5 Å². The van der Waals surface area contributed by atoms with E-state index in [2.05, 4.69) is 29.2 Å². The highest BCUT2D eigenvalue weighted by Gasteiger charge is 2.27. The fourth-order valence-corrected chi connectivity index (χ4v) is 2.63. The lowest BCUT2D eigenvalue weighted by atomic mass is 9.94. The van der Waals surface area contributed by atoms with Crippen LogP contribution in [0, 0.1) is 23.0 Å². The maximum Gasteiger partial charge on any atom is 0.314 e. The first kappa shape index (κ1) is 13.7. The predicted octanol–water partition coefficient (Wildman–Crippen LogP) is 2.05. The van der Waals surface area contributed by atoms with Gasteiger partial charge in [-0.1, -0.05) is 6.92 Å². The summed E-state index contributed by atoms with van der Waals surface area (Å²) in [6.45, 7) is 5.90. The van der Waals surface area contributed by atoms with Gasteiger partial charge in [-0.05, 0) is 38.9 Å². The van der Waals surface area contributed by atoms with E-state index in [1.54, 1.807) is 19.2 Å². The lowest BCUT2D eigenvalue weighted by molar-refractivity contribution is -0.384. The Morgan fingerprint density at radius 2 is 2.32 bits per heavy atom. The van der Waals surface area contributed by atoms with E-state index in [4.69, 9.17) is 0 Å². The Morgan fingerprint density at radius 3 is 2.95 bits per heavy atom. The fourth-order valence-electron chi connectivity index (χ4n) is 2.63. The van der Waals surface area contributed by atoms with E-state index in [0.717, 1.165) is 19.5 Å². The number of nitrogens with one attached hydrogen (secondary N) is 1. The molecule has 1 saturated heterocycles. The first-order valence-electron chi connectivity index (χ1n) is 6.54. The minimum absolute atomic E-state index is 0.0913. The van der Waals surface area contributed by atoms with E-state index in [9.17, 15) is 10.1 Å². The van der Waals surface area contributed by atoms with E-state index in [1.165, 1.54) is 0 Å². The molecule has 104 valence electrons. The van der Waals surface area contributed by atoms with Crippen LogP contribution in [0.1, 0.15) is 18.9 Å². The monoisotopic (exact) mass is 264 g/mol. The van der Waals surface area contributed by atoms with Crippen molar-refractivity contribution in [3.05, 3.63) is 27.9 Å². The number of pyridine rings is 1. The zero-order valence-corrected chi connectivity index (χ0v) is 11.6. The Morgan fingerprint density at radius 1 is 1.58 bits per heavy atom. The summed E-state index contributed by atoms with van der Waals surface area (Å²) in [5, 5.41) is 14.4. The van der Waals surface area contributed by atoms with Gasteiger partial charge in [-0.25, -0.2) is 4.98 Å². The van der Waals surface area contributed by atoms with Gasteiger partial charge >= 0.3 is 5.69 Å². The van der Waals surface area contributed by atoms with Crippen molar-refractivity contribution < 1.29 is 4.92 Å². The number of piperidine rings is 1. The minimum atomic E-state index is -0.357. The van der Waals surface area contributed by atoms with E-state index in [-0.39, 0.29) is 16.7 Å². The lowest BCUT2D eigenvalue weighted by Gasteiger charge is -2.35. The van der Waals surface area contributed by atoms with Crippen LogP contribution in [0.5, 0.6) is 0 Å². The molecular formula is C13H20N4O2. The molecule has 0 aromatic carbocycles. The van der Waals surface area contributed by atoms with Gasteiger partial charge in [0.15, 0.2) is 0 Å². The third-order valence-electron chi connectivity index (χ3n) is 3.74. The maximum absolute atomic E-state index is 11.1. The van der Waals surface area contributed by atoms with Crippen molar-refractivity contribution in [2.45, 2.75) is 26.3 Å². The smallest absolute Gasteiger partial charge is 0.314 e. The molecular weight excluding hydrogens is 244 g/mol. The molecule has 2 unspecified atom stereocenters. The van der Waals surface area contributed by atoms with Gasteiger partial charge in [0, 0.05) is 24.3 Å². The first-order valence-corrected chi connectivity index (χ1v) is 6.54. The number of likely N-dealkylation sites (tertiary alicyclic amines) is 1. The van der Waals surface area contributed by atoms with Crippen molar-refractivity contribution in [3.63, 3.8) is 0 Å². The summed E-state index contributed by atoms with van der Waals surface area (Å²) in [7, 11) is 2.10. The van der Waals surface area contributed by atoms with E-state index >= 15 is 0 Å². The highest BCUT2D eigenvalue weighted by Crippen LogP contribution is 2.28. The SMILES string of the molecule is Cc1ccnc(NC2CCN(C)CC2C)c1[N+](=O)[O-]. The second-order valence-corrected chi connectivity index (χ2v) is 5.36. The molecule has 0 saturated carbocycles. The molecule has 2 rings (SSSR count). The molecule has 2 heterocycles. The van der Waals surface area contributed by atoms with Gasteiger partial charge in [0.05, 0.1) is 4.92 Å². The van der Waals surface area contributed by atoms with Gasteiger partial charge in [-0.15, -0.1) is 0 Å². The molecule has 0 spiro atoms. The third-order valence-corrected chi connectivity index (χ3v) is 3.74. The zero-order chi connectivity index (χ0) is 14.0. The number of aromatic nitrogens is 1. The highest BCUT2D eigenvalue weighted by atomic mass is 16.6. The Bertz CT molecular complexity index is 478. The molecule has 6 nitrogen and oxygen atoms in total. The second kappa shape index (κ2) is 5.52.